The minimum Gasteiger partial charge on any atom is -0.354 e. The van der Waals surface area contributed by atoms with E-state index in [4.69, 9.17) is 23.2 Å². The summed E-state index contributed by atoms with van der Waals surface area (Å²) in [6.07, 6.45) is 0.324. The summed E-state index contributed by atoms with van der Waals surface area (Å²) in [5.41, 5.74) is 9.59. The number of H-pyrrole nitrogens is 1. The fraction of sp³-hybridized carbons (Fsp3) is 0.255. The van der Waals surface area contributed by atoms with Crippen molar-refractivity contribution >= 4 is 90.8 Å². The molecule has 60 heavy (non-hydrogen) atoms. The first kappa shape index (κ1) is 38.4. The summed E-state index contributed by atoms with van der Waals surface area (Å²) in [6.45, 7) is 16.5. The highest BCUT2D eigenvalue weighted by atomic mass is 35.5. The molecule has 6 aromatic carbocycles. The first-order valence-corrected chi connectivity index (χ1v) is 21.5. The van der Waals surface area contributed by atoms with Crippen molar-refractivity contribution in [2.24, 2.45) is 0 Å². The predicted octanol–water partition coefficient (Wildman–Crippen LogP) is 13.4. The van der Waals surface area contributed by atoms with Crippen molar-refractivity contribution in [3.05, 3.63) is 138 Å². The minimum absolute atomic E-state index is 0.0224. The molecular formula is C51H43Cl2N3O4. The summed E-state index contributed by atoms with van der Waals surface area (Å²) in [6, 6.07) is 22.9. The van der Waals surface area contributed by atoms with Crippen LogP contribution >= 0.6 is 23.2 Å². The molecule has 1 aromatic heterocycles. The van der Waals surface area contributed by atoms with Gasteiger partial charge >= 0.3 is 0 Å². The van der Waals surface area contributed by atoms with Gasteiger partial charge in [0.25, 0.3) is 23.6 Å². The topological polar surface area (TPSA) is 90.6 Å². The third kappa shape index (κ3) is 5.08. The quantitative estimate of drug-likeness (QED) is 0.169. The van der Waals surface area contributed by atoms with Crippen LogP contribution in [0.4, 0.5) is 11.4 Å². The summed E-state index contributed by atoms with van der Waals surface area (Å²) in [4.78, 5) is 69.6. The molecule has 2 aliphatic heterocycles. The third-order valence-corrected chi connectivity index (χ3v) is 13.3. The van der Waals surface area contributed by atoms with E-state index in [1.54, 1.807) is 12.1 Å². The zero-order valence-corrected chi connectivity index (χ0v) is 36.2. The molecule has 300 valence electrons. The number of para-hydroxylation sites is 2. The van der Waals surface area contributed by atoms with Crippen LogP contribution in [0.2, 0.25) is 10.0 Å². The van der Waals surface area contributed by atoms with E-state index in [2.05, 4.69) is 60.4 Å². The molecule has 0 saturated heterocycles. The number of anilines is 2. The molecule has 3 heterocycles. The van der Waals surface area contributed by atoms with E-state index in [0.717, 1.165) is 33.4 Å². The highest BCUT2D eigenvalue weighted by molar-refractivity contribution is 6.49. The fourth-order valence-corrected chi connectivity index (χ4v) is 10.6. The number of imide groups is 2. The van der Waals surface area contributed by atoms with Crippen LogP contribution in [0.3, 0.4) is 0 Å². The molecule has 7 nitrogen and oxygen atoms in total. The number of benzene rings is 6. The lowest BCUT2D eigenvalue weighted by atomic mass is 9.77. The molecule has 4 amide bonds. The number of halogens is 2. The Balaban J connectivity index is 1.44. The van der Waals surface area contributed by atoms with Gasteiger partial charge in [0.1, 0.15) is 0 Å². The first-order valence-electron chi connectivity index (χ1n) is 20.7. The highest BCUT2D eigenvalue weighted by Crippen LogP contribution is 2.55. The van der Waals surface area contributed by atoms with E-state index in [9.17, 15) is 0 Å². The molecule has 7 aromatic rings. The van der Waals surface area contributed by atoms with Crippen molar-refractivity contribution in [3.8, 4) is 11.1 Å². The second-order valence-electron chi connectivity index (χ2n) is 17.7. The summed E-state index contributed by atoms with van der Waals surface area (Å²) < 4.78 is 0. The molecule has 0 unspecified atom stereocenters. The van der Waals surface area contributed by atoms with Gasteiger partial charge in [0.15, 0.2) is 0 Å². The third-order valence-electron chi connectivity index (χ3n) is 12.9. The number of hydrogen-bond acceptors (Lipinski definition) is 4. The number of aromatic amines is 1. The minimum atomic E-state index is -0.526. The molecule has 3 aliphatic rings. The second-order valence-corrected chi connectivity index (χ2v) is 18.6. The number of nitrogens with one attached hydrogen (secondary N) is 1. The Morgan fingerprint density at radius 2 is 0.983 bits per heavy atom. The normalized spacial score (nSPS) is 14.8. The van der Waals surface area contributed by atoms with Crippen LogP contribution in [0.25, 0.3) is 43.7 Å². The van der Waals surface area contributed by atoms with Crippen molar-refractivity contribution in [2.75, 3.05) is 9.80 Å². The monoisotopic (exact) mass is 831 g/mol. The van der Waals surface area contributed by atoms with Gasteiger partial charge in [-0.1, -0.05) is 121 Å². The maximum absolute atomic E-state index is 15.9. The molecule has 0 spiro atoms. The van der Waals surface area contributed by atoms with Gasteiger partial charge in [0.2, 0.25) is 0 Å². The molecule has 0 radical (unpaired) electrons. The predicted molar refractivity (Wildman–Crippen MR) is 243 cm³/mol. The molecule has 0 atom stereocenters. The average Bonchev–Trinajstić information content (AvgIpc) is 3.76. The van der Waals surface area contributed by atoms with Crippen molar-refractivity contribution in [1.82, 2.24) is 4.98 Å². The maximum Gasteiger partial charge on any atom is 0.268 e. The summed E-state index contributed by atoms with van der Waals surface area (Å²) >= 11 is 13.5. The molecular weight excluding hydrogens is 789 g/mol. The van der Waals surface area contributed by atoms with Gasteiger partial charge in [-0.3, -0.25) is 19.2 Å². The van der Waals surface area contributed by atoms with Gasteiger partial charge in [-0.05, 0) is 105 Å². The molecule has 10 rings (SSSR count). The molecule has 9 heteroatoms. The van der Waals surface area contributed by atoms with Crippen molar-refractivity contribution in [2.45, 2.75) is 85.5 Å². The highest BCUT2D eigenvalue weighted by Gasteiger charge is 2.49. The van der Waals surface area contributed by atoms with E-state index in [1.165, 1.54) is 9.80 Å². The lowest BCUT2D eigenvalue weighted by Gasteiger charge is -2.37. The zero-order valence-electron chi connectivity index (χ0n) is 34.7. The Kier molecular flexibility index (Phi) is 8.57. The van der Waals surface area contributed by atoms with Crippen LogP contribution in [0.5, 0.6) is 0 Å². The van der Waals surface area contributed by atoms with Crippen LogP contribution in [-0.4, -0.2) is 28.6 Å². The van der Waals surface area contributed by atoms with Crippen LogP contribution in [0.15, 0.2) is 72.8 Å². The lowest BCUT2D eigenvalue weighted by molar-refractivity contribution is 0.0873. The van der Waals surface area contributed by atoms with Crippen molar-refractivity contribution < 1.29 is 19.2 Å². The van der Waals surface area contributed by atoms with Crippen LogP contribution in [0.1, 0.15) is 154 Å². The number of amides is 4. The van der Waals surface area contributed by atoms with Crippen LogP contribution < -0.4 is 9.80 Å². The number of nitrogens with zero attached hydrogens (tertiary/aromatic N) is 2. The summed E-state index contributed by atoms with van der Waals surface area (Å²) in [5, 5.41) is 2.68. The molecule has 0 fully saturated rings. The van der Waals surface area contributed by atoms with Crippen LogP contribution in [0, 0.1) is 0 Å². The van der Waals surface area contributed by atoms with Gasteiger partial charge in [-0.15, -0.1) is 0 Å². The SMILES string of the molecule is CC(C)c1cccc(C(C)C)c1N1C(=O)c2c3c(c4c5c(c6c([nH]c7ccc(Cl)cc76)c(c25)C1=O)C(=O)N(c1c(C(C)C)cccc1C(C)C)C4=O)Cc1ccc(Cl)cc1-3. The number of rotatable bonds is 6. The Morgan fingerprint density at radius 3 is 1.53 bits per heavy atom. The number of carbonyl (C=O) groups excluding carboxylic acids is 4. The Labute approximate surface area is 358 Å². The molecule has 0 saturated carbocycles. The second kappa shape index (κ2) is 13.4. The fourth-order valence-electron chi connectivity index (χ4n) is 10.2. The lowest BCUT2D eigenvalue weighted by Crippen LogP contribution is -2.45. The average molecular weight is 833 g/mol. The number of hydrogen-bond donors (Lipinski definition) is 1. The van der Waals surface area contributed by atoms with E-state index in [0.29, 0.717) is 77.1 Å². The van der Waals surface area contributed by atoms with Gasteiger partial charge < -0.3 is 4.98 Å². The first-order chi connectivity index (χ1) is 28.6. The molecule has 1 aliphatic carbocycles. The zero-order chi connectivity index (χ0) is 42.4. The standard InChI is InChI=1S/C51H43Cl2N3O4/c1-22(2)29-11-9-12-30(23(3)4)46(29)55-48(57)39-35-19-26-15-16-27(52)20-33(26)37(35)42-41-40(39)43(50(55)59)38-34-21-28(53)17-18-36(34)54-45(38)44(41)51(60)56(49(42)58)47-31(24(5)6)13-10-14-32(47)25(7)8/h9-18,20-25,54H,19H2,1-8H3. The Morgan fingerprint density at radius 1 is 0.517 bits per heavy atom. The van der Waals surface area contributed by atoms with Gasteiger partial charge in [-0.2, -0.15) is 0 Å². The van der Waals surface area contributed by atoms with Gasteiger partial charge in [0.05, 0.1) is 39.1 Å². The smallest absolute Gasteiger partial charge is 0.268 e. The molecule has 1 N–H and O–H groups in total. The molecule has 0 bridgehead atoms. The van der Waals surface area contributed by atoms with Crippen LogP contribution in [-0.2, 0) is 6.42 Å². The van der Waals surface area contributed by atoms with Gasteiger partial charge in [-0.25, -0.2) is 9.80 Å². The van der Waals surface area contributed by atoms with E-state index < -0.39 is 23.6 Å². The summed E-state index contributed by atoms with van der Waals surface area (Å²) in [7, 11) is 0. The largest absolute Gasteiger partial charge is 0.354 e. The number of carbonyl (C=O) groups is 4. The van der Waals surface area contributed by atoms with E-state index in [1.807, 2.05) is 60.7 Å². The van der Waals surface area contributed by atoms with E-state index in [-0.39, 0.29) is 40.4 Å². The van der Waals surface area contributed by atoms with E-state index >= 15 is 19.2 Å². The van der Waals surface area contributed by atoms with Crippen molar-refractivity contribution in [3.63, 3.8) is 0 Å². The van der Waals surface area contributed by atoms with Gasteiger partial charge in [0, 0.05) is 37.1 Å². The number of aromatic nitrogens is 1. The summed E-state index contributed by atoms with van der Waals surface area (Å²) in [5.74, 6) is -2.12. The number of fused-ring (bicyclic) bond motifs is 10. The van der Waals surface area contributed by atoms with Crippen molar-refractivity contribution in [1.29, 1.82) is 0 Å². The Bertz CT molecular complexity index is 3100. The Hall–Kier alpha value is -5.76. The maximum atomic E-state index is 15.9.